The summed E-state index contributed by atoms with van der Waals surface area (Å²) in [5, 5.41) is 5.27. The molecule has 4 aromatic rings. The van der Waals surface area contributed by atoms with Crippen LogP contribution in [0.4, 0.5) is 5.69 Å². The molecule has 0 aliphatic rings. The van der Waals surface area contributed by atoms with E-state index in [4.69, 9.17) is 0 Å². The lowest BCUT2D eigenvalue weighted by Crippen LogP contribution is -2.11. The summed E-state index contributed by atoms with van der Waals surface area (Å²) < 4.78 is 2.45. The van der Waals surface area contributed by atoms with Crippen LogP contribution in [0.5, 0.6) is 0 Å². The van der Waals surface area contributed by atoms with Gasteiger partial charge in [0.25, 0.3) is 5.91 Å². The van der Waals surface area contributed by atoms with Crippen molar-refractivity contribution < 1.29 is 4.79 Å². The molecule has 2 nitrogen and oxygen atoms in total. The molecule has 1 aromatic heterocycles. The molecular weight excluding hydrogens is 290 g/mol. The van der Waals surface area contributed by atoms with Gasteiger partial charge in [0.15, 0.2) is 0 Å². The van der Waals surface area contributed by atoms with Crippen LogP contribution in [0.3, 0.4) is 0 Å². The summed E-state index contributed by atoms with van der Waals surface area (Å²) in [6.07, 6.45) is 0. The molecule has 0 aliphatic carbocycles. The van der Waals surface area contributed by atoms with Crippen LogP contribution in [0, 0.1) is 0 Å². The van der Waals surface area contributed by atoms with Crippen molar-refractivity contribution in [3.05, 3.63) is 78.4 Å². The zero-order valence-corrected chi connectivity index (χ0v) is 12.6. The highest BCUT2D eigenvalue weighted by molar-refractivity contribution is 7.25. The summed E-state index contributed by atoms with van der Waals surface area (Å²) in [7, 11) is 0. The molecule has 0 spiro atoms. The summed E-state index contributed by atoms with van der Waals surface area (Å²) in [5.74, 6) is -0.0802. The molecule has 1 amide bonds. The topological polar surface area (TPSA) is 29.1 Å². The summed E-state index contributed by atoms with van der Waals surface area (Å²) in [6.45, 7) is 0. The maximum Gasteiger partial charge on any atom is 0.255 e. The molecule has 0 atom stereocenters. The average Bonchev–Trinajstić information content (AvgIpc) is 2.93. The molecule has 0 fully saturated rings. The fourth-order valence-corrected chi connectivity index (χ4v) is 3.68. The van der Waals surface area contributed by atoms with Gasteiger partial charge in [-0.1, -0.05) is 36.4 Å². The van der Waals surface area contributed by atoms with E-state index in [1.54, 1.807) is 11.3 Å². The van der Waals surface area contributed by atoms with Crippen LogP contribution >= 0.6 is 11.3 Å². The van der Waals surface area contributed by atoms with Gasteiger partial charge in [-0.15, -0.1) is 11.3 Å². The molecule has 0 saturated heterocycles. The predicted octanol–water partition coefficient (Wildman–Crippen LogP) is 5.31. The van der Waals surface area contributed by atoms with Gasteiger partial charge in [-0.05, 0) is 36.4 Å². The van der Waals surface area contributed by atoms with Crippen molar-refractivity contribution in [2.45, 2.75) is 0 Å². The maximum absolute atomic E-state index is 12.4. The first kappa shape index (κ1) is 13.0. The monoisotopic (exact) mass is 303 g/mol. The molecule has 0 unspecified atom stereocenters. The predicted molar refractivity (Wildman–Crippen MR) is 93.7 cm³/mol. The van der Waals surface area contributed by atoms with E-state index in [-0.39, 0.29) is 5.91 Å². The van der Waals surface area contributed by atoms with Gasteiger partial charge in [-0.3, -0.25) is 4.79 Å². The van der Waals surface area contributed by atoms with Crippen molar-refractivity contribution in [3.63, 3.8) is 0 Å². The molecule has 3 aromatic carbocycles. The fraction of sp³-hybridized carbons (Fsp3) is 0. The quantitative estimate of drug-likeness (QED) is 0.534. The lowest BCUT2D eigenvalue weighted by Gasteiger charge is -2.05. The third-order valence-electron chi connectivity index (χ3n) is 3.67. The van der Waals surface area contributed by atoms with Crippen LogP contribution in [-0.4, -0.2) is 5.91 Å². The van der Waals surface area contributed by atoms with E-state index in [2.05, 4.69) is 17.4 Å². The van der Waals surface area contributed by atoms with Crippen molar-refractivity contribution in [2.75, 3.05) is 5.32 Å². The Bertz CT molecular complexity index is 972. The van der Waals surface area contributed by atoms with Crippen LogP contribution in [0.1, 0.15) is 10.4 Å². The van der Waals surface area contributed by atoms with Crippen LogP contribution < -0.4 is 5.32 Å². The number of rotatable bonds is 2. The van der Waals surface area contributed by atoms with Gasteiger partial charge in [-0.25, -0.2) is 0 Å². The highest BCUT2D eigenvalue weighted by atomic mass is 32.1. The Labute approximate surface area is 132 Å². The van der Waals surface area contributed by atoms with E-state index in [0.717, 1.165) is 11.1 Å². The van der Waals surface area contributed by atoms with Gasteiger partial charge in [0.05, 0.1) is 0 Å². The largest absolute Gasteiger partial charge is 0.322 e. The minimum atomic E-state index is -0.0802. The van der Waals surface area contributed by atoms with Crippen LogP contribution in [-0.2, 0) is 0 Å². The zero-order valence-electron chi connectivity index (χ0n) is 11.7. The second-order valence-electron chi connectivity index (χ2n) is 5.13. The Balaban J connectivity index is 1.75. The van der Waals surface area contributed by atoms with E-state index >= 15 is 0 Å². The lowest BCUT2D eigenvalue weighted by atomic mass is 10.1. The third-order valence-corrected chi connectivity index (χ3v) is 4.82. The first-order chi connectivity index (χ1) is 10.8. The van der Waals surface area contributed by atoms with E-state index in [1.165, 1.54) is 14.8 Å². The number of carbonyl (C=O) groups excluding carboxylic acids is 1. The van der Waals surface area contributed by atoms with Crippen molar-refractivity contribution in [3.8, 4) is 0 Å². The summed E-state index contributed by atoms with van der Waals surface area (Å²) in [4.78, 5) is 12.4. The van der Waals surface area contributed by atoms with Crippen molar-refractivity contribution in [2.24, 2.45) is 0 Å². The van der Waals surface area contributed by atoms with Crippen LogP contribution in [0.15, 0.2) is 72.8 Å². The Morgan fingerprint density at radius 1 is 0.773 bits per heavy atom. The smallest absolute Gasteiger partial charge is 0.255 e. The Kier molecular flexibility index (Phi) is 3.13. The van der Waals surface area contributed by atoms with Gasteiger partial charge in [0.2, 0.25) is 0 Å². The van der Waals surface area contributed by atoms with E-state index in [9.17, 15) is 4.79 Å². The standard InChI is InChI=1S/C19H13NOS/c21-19(20-14-6-2-1-3-7-14)13-10-11-18-16(12-13)15-8-4-5-9-17(15)22-18/h1-12H,(H,20,21). The number of hydrogen-bond donors (Lipinski definition) is 1. The maximum atomic E-state index is 12.4. The fourth-order valence-electron chi connectivity index (χ4n) is 2.59. The second-order valence-corrected chi connectivity index (χ2v) is 6.21. The molecule has 4 rings (SSSR count). The van der Waals surface area contributed by atoms with Gasteiger partial charge >= 0.3 is 0 Å². The SMILES string of the molecule is O=C(Nc1ccccc1)c1ccc2sc3ccccc3c2c1. The molecule has 1 N–H and O–H groups in total. The number of benzene rings is 3. The van der Waals surface area contributed by atoms with Crippen LogP contribution in [0.2, 0.25) is 0 Å². The Hall–Kier alpha value is -2.65. The van der Waals surface area contributed by atoms with Crippen molar-refractivity contribution >= 4 is 43.1 Å². The number of fused-ring (bicyclic) bond motifs is 3. The summed E-state index contributed by atoms with van der Waals surface area (Å²) in [5.41, 5.74) is 1.49. The van der Waals surface area contributed by atoms with Gasteiger partial charge < -0.3 is 5.32 Å². The second kappa shape index (κ2) is 5.28. The molecule has 0 aliphatic heterocycles. The number of carbonyl (C=O) groups is 1. The molecule has 1 heterocycles. The lowest BCUT2D eigenvalue weighted by molar-refractivity contribution is 0.102. The van der Waals surface area contributed by atoms with Crippen LogP contribution in [0.25, 0.3) is 20.2 Å². The number of amides is 1. The summed E-state index contributed by atoms with van der Waals surface area (Å²) in [6, 6.07) is 23.7. The number of anilines is 1. The van der Waals surface area contributed by atoms with Gasteiger partial charge in [0, 0.05) is 31.4 Å². The molecule has 106 valence electrons. The Morgan fingerprint density at radius 3 is 2.36 bits per heavy atom. The van der Waals surface area contributed by atoms with Gasteiger partial charge in [0.1, 0.15) is 0 Å². The number of nitrogens with one attached hydrogen (secondary N) is 1. The number of hydrogen-bond acceptors (Lipinski definition) is 2. The third kappa shape index (κ3) is 2.26. The first-order valence-electron chi connectivity index (χ1n) is 7.09. The average molecular weight is 303 g/mol. The van der Waals surface area contributed by atoms with Gasteiger partial charge in [-0.2, -0.15) is 0 Å². The van der Waals surface area contributed by atoms with E-state index in [0.29, 0.717) is 5.56 Å². The summed E-state index contributed by atoms with van der Waals surface area (Å²) >= 11 is 1.75. The normalized spacial score (nSPS) is 10.9. The number of thiophene rings is 1. The minimum absolute atomic E-state index is 0.0802. The van der Waals surface area contributed by atoms with E-state index < -0.39 is 0 Å². The van der Waals surface area contributed by atoms with Crippen molar-refractivity contribution in [1.29, 1.82) is 0 Å². The molecule has 0 saturated carbocycles. The first-order valence-corrected chi connectivity index (χ1v) is 7.90. The molecule has 3 heteroatoms. The molecule has 0 radical (unpaired) electrons. The number of para-hydroxylation sites is 1. The zero-order chi connectivity index (χ0) is 14.9. The van der Waals surface area contributed by atoms with E-state index in [1.807, 2.05) is 60.7 Å². The van der Waals surface area contributed by atoms with Crippen molar-refractivity contribution in [1.82, 2.24) is 0 Å². The molecule has 22 heavy (non-hydrogen) atoms. The molecular formula is C19H13NOS. The minimum Gasteiger partial charge on any atom is -0.322 e. The highest BCUT2D eigenvalue weighted by Gasteiger charge is 2.10. The Morgan fingerprint density at radius 2 is 1.50 bits per heavy atom. The molecule has 0 bridgehead atoms. The highest BCUT2D eigenvalue weighted by Crippen LogP contribution is 2.34.